The molecule has 8 heteroatoms. The van der Waals surface area contributed by atoms with E-state index in [1.54, 1.807) is 23.1 Å². The van der Waals surface area contributed by atoms with Crippen LogP contribution in [0.1, 0.15) is 0 Å². The van der Waals surface area contributed by atoms with Crippen LogP contribution in [0.5, 0.6) is 0 Å². The summed E-state index contributed by atoms with van der Waals surface area (Å²) in [5, 5.41) is 16.6. The van der Waals surface area contributed by atoms with Crippen molar-refractivity contribution in [2.45, 2.75) is 0 Å². The van der Waals surface area contributed by atoms with Gasteiger partial charge in [0.25, 0.3) is 0 Å². The van der Waals surface area contributed by atoms with Crippen LogP contribution in [0.25, 0.3) is 16.9 Å². The molecule has 0 aliphatic heterocycles. The highest BCUT2D eigenvalue weighted by Gasteiger charge is 2.09. The molecule has 98 valence electrons. The number of rotatable bonds is 3. The lowest BCUT2D eigenvalue weighted by Gasteiger charge is -2.08. The van der Waals surface area contributed by atoms with Crippen LogP contribution in [0.2, 0.25) is 0 Å². The average Bonchev–Trinajstić information content (AvgIpc) is 2.90. The second-order valence-electron chi connectivity index (χ2n) is 4.00. The van der Waals surface area contributed by atoms with E-state index in [0.29, 0.717) is 22.8 Å². The highest BCUT2D eigenvalue weighted by atomic mass is 15.3. The van der Waals surface area contributed by atoms with Gasteiger partial charge in [0.05, 0.1) is 35.2 Å². The van der Waals surface area contributed by atoms with E-state index in [1.807, 2.05) is 6.07 Å². The summed E-state index contributed by atoms with van der Waals surface area (Å²) < 4.78 is 1.59. The van der Waals surface area contributed by atoms with Crippen molar-refractivity contribution in [2.75, 3.05) is 17.6 Å². The first-order valence-corrected chi connectivity index (χ1v) is 5.80. The number of nitrogen functional groups attached to an aromatic ring is 1. The van der Waals surface area contributed by atoms with Crippen LogP contribution in [0.3, 0.4) is 0 Å². The second-order valence-corrected chi connectivity index (χ2v) is 4.00. The first kappa shape index (κ1) is 11.9. The highest BCUT2D eigenvalue weighted by molar-refractivity contribution is 5.75. The largest absolute Gasteiger partial charge is 0.396 e. The van der Waals surface area contributed by atoms with Crippen molar-refractivity contribution in [3.05, 3.63) is 31.0 Å². The molecule has 0 spiro atoms. The van der Waals surface area contributed by atoms with Gasteiger partial charge in [0.2, 0.25) is 0 Å². The van der Waals surface area contributed by atoms with Gasteiger partial charge in [-0.15, -0.1) is 0 Å². The highest BCUT2D eigenvalue weighted by Crippen LogP contribution is 2.21. The van der Waals surface area contributed by atoms with E-state index >= 15 is 0 Å². The molecule has 0 aliphatic carbocycles. The van der Waals surface area contributed by atoms with E-state index in [0.717, 1.165) is 5.39 Å². The first-order valence-electron chi connectivity index (χ1n) is 5.80. The van der Waals surface area contributed by atoms with Crippen molar-refractivity contribution in [1.29, 1.82) is 5.26 Å². The van der Waals surface area contributed by atoms with Gasteiger partial charge in [-0.25, -0.2) is 15.0 Å². The monoisotopic (exact) mass is 266 g/mol. The topological polar surface area (TPSA) is 118 Å². The minimum atomic E-state index is 0.162. The van der Waals surface area contributed by atoms with Gasteiger partial charge in [-0.1, -0.05) is 0 Å². The summed E-state index contributed by atoms with van der Waals surface area (Å²) in [7, 11) is 0. The summed E-state index contributed by atoms with van der Waals surface area (Å²) in [6.45, 7) is 0.162. The molecule has 20 heavy (non-hydrogen) atoms. The van der Waals surface area contributed by atoms with Crippen molar-refractivity contribution < 1.29 is 0 Å². The fraction of sp³-hybridized carbons (Fsp3) is 0.0833. The summed E-state index contributed by atoms with van der Waals surface area (Å²) in [4.78, 5) is 12.3. The second kappa shape index (κ2) is 4.81. The number of hydrogen-bond donors (Lipinski definition) is 2. The number of pyridine rings is 1. The van der Waals surface area contributed by atoms with Gasteiger partial charge >= 0.3 is 0 Å². The van der Waals surface area contributed by atoms with Crippen molar-refractivity contribution in [3.63, 3.8) is 0 Å². The standard InChI is InChI=1S/C12H10N8/c13-1-2-16-10-3-11(17-6-9(10)14)20-12-8(5-19-20)4-15-7-18-12/h3-7H,2,14H2,(H,16,17). The molecule has 0 amide bonds. The molecular weight excluding hydrogens is 256 g/mol. The molecule has 8 nitrogen and oxygen atoms in total. The third kappa shape index (κ3) is 1.97. The normalized spacial score (nSPS) is 10.3. The molecule has 0 aliphatic rings. The molecule has 0 saturated heterocycles. The number of nitrogens with one attached hydrogen (secondary N) is 1. The van der Waals surface area contributed by atoms with Gasteiger partial charge in [0.1, 0.15) is 12.9 Å². The average molecular weight is 266 g/mol. The Morgan fingerprint density at radius 2 is 2.20 bits per heavy atom. The van der Waals surface area contributed by atoms with Crippen LogP contribution in [0.4, 0.5) is 11.4 Å². The van der Waals surface area contributed by atoms with Gasteiger partial charge < -0.3 is 11.1 Å². The molecule has 3 rings (SSSR count). The Kier molecular flexibility index (Phi) is 2.85. The molecule has 0 bridgehead atoms. The zero-order valence-corrected chi connectivity index (χ0v) is 10.4. The molecule has 3 heterocycles. The van der Waals surface area contributed by atoms with Crippen LogP contribution >= 0.6 is 0 Å². The van der Waals surface area contributed by atoms with E-state index < -0.39 is 0 Å². The minimum absolute atomic E-state index is 0.162. The zero-order valence-electron chi connectivity index (χ0n) is 10.4. The predicted octanol–water partition coefficient (Wildman–Crippen LogP) is 0.728. The molecule has 3 N–H and O–H groups in total. The molecule has 0 unspecified atom stereocenters. The SMILES string of the molecule is N#CCNc1cc(-n2ncc3cncnc32)ncc1N. The van der Waals surface area contributed by atoms with Crippen LogP contribution in [0.15, 0.2) is 31.0 Å². The molecule has 0 atom stereocenters. The van der Waals surface area contributed by atoms with Crippen molar-refractivity contribution in [2.24, 2.45) is 0 Å². The Labute approximate surface area is 113 Å². The quantitative estimate of drug-likeness (QED) is 0.670. The number of anilines is 2. The van der Waals surface area contributed by atoms with Crippen LogP contribution < -0.4 is 11.1 Å². The fourth-order valence-electron chi connectivity index (χ4n) is 1.80. The van der Waals surface area contributed by atoms with Gasteiger partial charge in [-0.3, -0.25) is 0 Å². The Morgan fingerprint density at radius 3 is 3.05 bits per heavy atom. The van der Waals surface area contributed by atoms with E-state index in [9.17, 15) is 0 Å². The van der Waals surface area contributed by atoms with Crippen LogP contribution in [-0.2, 0) is 0 Å². The maximum Gasteiger partial charge on any atom is 0.167 e. The maximum absolute atomic E-state index is 8.61. The van der Waals surface area contributed by atoms with E-state index in [-0.39, 0.29) is 6.54 Å². The summed E-state index contributed by atoms with van der Waals surface area (Å²) in [5.74, 6) is 0.563. The summed E-state index contributed by atoms with van der Waals surface area (Å²) in [5.41, 5.74) is 7.56. The number of hydrogen-bond acceptors (Lipinski definition) is 7. The Morgan fingerprint density at radius 1 is 1.30 bits per heavy atom. The lowest BCUT2D eigenvalue weighted by atomic mass is 10.3. The predicted molar refractivity (Wildman–Crippen MR) is 73.0 cm³/mol. The Hall–Kier alpha value is -3.21. The van der Waals surface area contributed by atoms with Crippen molar-refractivity contribution in [1.82, 2.24) is 24.7 Å². The lowest BCUT2D eigenvalue weighted by Crippen LogP contribution is -2.06. The van der Waals surface area contributed by atoms with Gasteiger partial charge in [0.15, 0.2) is 11.5 Å². The number of aromatic nitrogens is 5. The molecule has 0 saturated carbocycles. The van der Waals surface area contributed by atoms with E-state index in [1.165, 1.54) is 12.5 Å². The summed E-state index contributed by atoms with van der Waals surface area (Å²) in [6.07, 6.45) is 6.31. The molecular formula is C12H10N8. The smallest absolute Gasteiger partial charge is 0.167 e. The van der Waals surface area contributed by atoms with E-state index in [4.69, 9.17) is 11.0 Å². The van der Waals surface area contributed by atoms with Crippen molar-refractivity contribution in [3.8, 4) is 11.9 Å². The van der Waals surface area contributed by atoms with Crippen molar-refractivity contribution >= 4 is 22.4 Å². The van der Waals surface area contributed by atoms with Gasteiger partial charge in [-0.05, 0) is 0 Å². The minimum Gasteiger partial charge on any atom is -0.396 e. The molecule has 3 aromatic rings. The summed E-state index contributed by atoms with van der Waals surface area (Å²) in [6, 6.07) is 3.72. The molecule has 3 aromatic heterocycles. The van der Waals surface area contributed by atoms with E-state index in [2.05, 4.69) is 25.4 Å². The molecule has 0 radical (unpaired) electrons. The summed E-state index contributed by atoms with van der Waals surface area (Å²) >= 11 is 0. The van der Waals surface area contributed by atoms with Gasteiger partial charge in [0, 0.05) is 12.3 Å². The molecule has 0 aromatic carbocycles. The maximum atomic E-state index is 8.61. The Bertz CT molecular complexity index is 801. The third-order valence-electron chi connectivity index (χ3n) is 2.73. The number of nitrogens with zero attached hydrogens (tertiary/aromatic N) is 6. The molecule has 0 fully saturated rings. The number of nitrogens with two attached hydrogens (primary N) is 1. The number of nitriles is 1. The zero-order chi connectivity index (χ0) is 13.9. The van der Waals surface area contributed by atoms with Crippen LogP contribution in [-0.4, -0.2) is 31.3 Å². The van der Waals surface area contributed by atoms with Crippen LogP contribution in [0, 0.1) is 11.3 Å². The Balaban J connectivity index is 2.08. The lowest BCUT2D eigenvalue weighted by molar-refractivity contribution is 0.862. The van der Waals surface area contributed by atoms with Gasteiger partial charge in [-0.2, -0.15) is 15.0 Å². The fourth-order valence-corrected chi connectivity index (χ4v) is 1.80. The number of fused-ring (bicyclic) bond motifs is 1. The first-order chi connectivity index (χ1) is 9.79. The third-order valence-corrected chi connectivity index (χ3v) is 2.73.